The predicted octanol–water partition coefficient (Wildman–Crippen LogP) is 3.60. The fourth-order valence-electron chi connectivity index (χ4n) is 1.91. The summed E-state index contributed by atoms with van der Waals surface area (Å²) in [6, 6.07) is 14.2. The molecule has 24 heavy (non-hydrogen) atoms. The van der Waals surface area contributed by atoms with Crippen molar-refractivity contribution in [1.29, 1.82) is 0 Å². The van der Waals surface area contributed by atoms with E-state index in [2.05, 4.69) is 5.32 Å². The van der Waals surface area contributed by atoms with Crippen LogP contribution >= 0.6 is 11.6 Å². The number of nitrogens with one attached hydrogen (secondary N) is 1. The Morgan fingerprint density at radius 2 is 1.79 bits per heavy atom. The SMILES string of the molecule is Cc1ccccc1OCCC(=O)OCC(=O)Nc1ccc(Cl)cc1. The third-order valence-electron chi connectivity index (χ3n) is 3.15. The lowest BCUT2D eigenvalue weighted by atomic mass is 10.2. The highest BCUT2D eigenvalue weighted by molar-refractivity contribution is 6.30. The van der Waals surface area contributed by atoms with Crippen molar-refractivity contribution in [3.8, 4) is 5.75 Å². The molecule has 0 spiro atoms. The van der Waals surface area contributed by atoms with Crippen molar-refractivity contribution in [2.45, 2.75) is 13.3 Å². The van der Waals surface area contributed by atoms with E-state index >= 15 is 0 Å². The summed E-state index contributed by atoms with van der Waals surface area (Å²) in [5.74, 6) is -0.175. The molecule has 0 bridgehead atoms. The molecular formula is C18H18ClNO4. The number of aryl methyl sites for hydroxylation is 1. The van der Waals surface area contributed by atoms with Crippen molar-refractivity contribution in [2.75, 3.05) is 18.5 Å². The summed E-state index contributed by atoms with van der Waals surface area (Å²) in [7, 11) is 0. The molecule has 0 atom stereocenters. The van der Waals surface area contributed by atoms with Crippen molar-refractivity contribution in [3.05, 3.63) is 59.1 Å². The van der Waals surface area contributed by atoms with Gasteiger partial charge >= 0.3 is 5.97 Å². The number of carbonyl (C=O) groups excluding carboxylic acids is 2. The van der Waals surface area contributed by atoms with Crippen LogP contribution in [0.5, 0.6) is 5.75 Å². The number of anilines is 1. The molecule has 0 radical (unpaired) electrons. The standard InChI is InChI=1S/C18H18ClNO4/c1-13-4-2-3-5-16(13)23-11-10-18(22)24-12-17(21)20-15-8-6-14(19)7-9-15/h2-9H,10-12H2,1H3,(H,20,21). The monoisotopic (exact) mass is 347 g/mol. The van der Waals surface area contributed by atoms with Crippen LogP contribution in [0.3, 0.4) is 0 Å². The van der Waals surface area contributed by atoms with Gasteiger partial charge in [-0.2, -0.15) is 0 Å². The van der Waals surface area contributed by atoms with Gasteiger partial charge in [0.15, 0.2) is 6.61 Å². The summed E-state index contributed by atoms with van der Waals surface area (Å²) in [6.07, 6.45) is 0.0720. The number of para-hydroxylation sites is 1. The lowest BCUT2D eigenvalue weighted by Gasteiger charge is -2.09. The molecule has 5 nitrogen and oxygen atoms in total. The molecule has 0 saturated carbocycles. The van der Waals surface area contributed by atoms with Crippen LogP contribution in [-0.2, 0) is 14.3 Å². The van der Waals surface area contributed by atoms with E-state index in [1.807, 2.05) is 31.2 Å². The first-order chi connectivity index (χ1) is 11.5. The van der Waals surface area contributed by atoms with Crippen molar-refractivity contribution in [3.63, 3.8) is 0 Å². The van der Waals surface area contributed by atoms with Crippen LogP contribution < -0.4 is 10.1 Å². The second-order valence-electron chi connectivity index (χ2n) is 5.08. The Hall–Kier alpha value is -2.53. The van der Waals surface area contributed by atoms with E-state index in [-0.39, 0.29) is 19.6 Å². The first-order valence-electron chi connectivity index (χ1n) is 7.44. The van der Waals surface area contributed by atoms with Crippen LogP contribution in [0.4, 0.5) is 5.69 Å². The van der Waals surface area contributed by atoms with E-state index in [1.54, 1.807) is 24.3 Å². The average Bonchev–Trinajstić information content (AvgIpc) is 2.57. The average molecular weight is 348 g/mol. The molecule has 0 saturated heterocycles. The van der Waals surface area contributed by atoms with Crippen LogP contribution in [-0.4, -0.2) is 25.1 Å². The van der Waals surface area contributed by atoms with Crippen LogP contribution in [0, 0.1) is 6.92 Å². The van der Waals surface area contributed by atoms with Gasteiger partial charge in [-0.15, -0.1) is 0 Å². The summed E-state index contributed by atoms with van der Waals surface area (Å²) in [6.45, 7) is 1.78. The zero-order valence-corrected chi connectivity index (χ0v) is 14.0. The number of carbonyl (C=O) groups is 2. The molecule has 1 amide bonds. The van der Waals surface area contributed by atoms with Crippen molar-refractivity contribution in [1.82, 2.24) is 0 Å². The van der Waals surface area contributed by atoms with Gasteiger partial charge in [-0.05, 0) is 42.8 Å². The van der Waals surface area contributed by atoms with Gasteiger partial charge in [0.2, 0.25) is 0 Å². The number of esters is 1. The van der Waals surface area contributed by atoms with Crippen molar-refractivity contribution < 1.29 is 19.1 Å². The van der Waals surface area contributed by atoms with E-state index in [9.17, 15) is 9.59 Å². The Kier molecular flexibility index (Phi) is 6.63. The third-order valence-corrected chi connectivity index (χ3v) is 3.40. The molecule has 0 fully saturated rings. The minimum atomic E-state index is -0.491. The molecule has 2 aromatic carbocycles. The Labute approximate surface area is 145 Å². The summed E-state index contributed by atoms with van der Waals surface area (Å²) >= 11 is 5.76. The number of amides is 1. The first-order valence-corrected chi connectivity index (χ1v) is 7.82. The smallest absolute Gasteiger partial charge is 0.309 e. The maximum absolute atomic E-state index is 11.7. The second-order valence-corrected chi connectivity index (χ2v) is 5.52. The summed E-state index contributed by atoms with van der Waals surface area (Å²) in [5, 5.41) is 3.18. The van der Waals surface area contributed by atoms with Gasteiger partial charge in [0, 0.05) is 10.7 Å². The second kappa shape index (κ2) is 8.93. The maximum atomic E-state index is 11.7. The van der Waals surface area contributed by atoms with E-state index in [4.69, 9.17) is 21.1 Å². The summed E-state index contributed by atoms with van der Waals surface area (Å²) in [4.78, 5) is 23.3. The highest BCUT2D eigenvalue weighted by Crippen LogP contribution is 2.16. The molecule has 126 valence electrons. The number of halogens is 1. The number of benzene rings is 2. The van der Waals surface area contributed by atoms with Gasteiger partial charge < -0.3 is 14.8 Å². The molecule has 0 aliphatic heterocycles. The molecule has 0 aromatic heterocycles. The van der Waals surface area contributed by atoms with Crippen molar-refractivity contribution >= 4 is 29.2 Å². The van der Waals surface area contributed by atoms with Gasteiger partial charge in [0.05, 0.1) is 13.0 Å². The molecule has 2 rings (SSSR count). The molecule has 6 heteroatoms. The Morgan fingerprint density at radius 3 is 2.50 bits per heavy atom. The van der Waals surface area contributed by atoms with Gasteiger partial charge in [-0.25, -0.2) is 0 Å². The van der Waals surface area contributed by atoms with Gasteiger partial charge in [-0.1, -0.05) is 29.8 Å². The highest BCUT2D eigenvalue weighted by Gasteiger charge is 2.09. The number of ether oxygens (including phenoxy) is 2. The quantitative estimate of drug-likeness (QED) is 0.777. The van der Waals surface area contributed by atoms with Crippen LogP contribution in [0.2, 0.25) is 5.02 Å². The number of rotatable bonds is 7. The van der Waals surface area contributed by atoms with E-state index in [0.29, 0.717) is 10.7 Å². The molecule has 0 aliphatic rings. The maximum Gasteiger partial charge on any atom is 0.309 e. The first kappa shape index (κ1) is 17.8. The largest absolute Gasteiger partial charge is 0.493 e. The minimum absolute atomic E-state index is 0.0720. The minimum Gasteiger partial charge on any atom is -0.493 e. The van der Waals surface area contributed by atoms with E-state index in [1.165, 1.54) is 0 Å². The topological polar surface area (TPSA) is 64.6 Å². The molecule has 0 heterocycles. The van der Waals surface area contributed by atoms with Gasteiger partial charge in [0.1, 0.15) is 5.75 Å². The van der Waals surface area contributed by atoms with Crippen molar-refractivity contribution in [2.24, 2.45) is 0 Å². The Balaban J connectivity index is 1.66. The van der Waals surface area contributed by atoms with E-state index in [0.717, 1.165) is 11.3 Å². The Morgan fingerprint density at radius 1 is 1.08 bits per heavy atom. The normalized spacial score (nSPS) is 10.1. The number of hydrogen-bond donors (Lipinski definition) is 1. The lowest BCUT2D eigenvalue weighted by molar-refractivity contribution is -0.147. The summed E-state index contributed by atoms with van der Waals surface area (Å²) < 4.78 is 10.4. The zero-order chi connectivity index (χ0) is 17.4. The van der Waals surface area contributed by atoms with Gasteiger partial charge in [0.25, 0.3) is 5.91 Å². The molecular weight excluding hydrogens is 330 g/mol. The lowest BCUT2D eigenvalue weighted by Crippen LogP contribution is -2.21. The number of hydrogen-bond acceptors (Lipinski definition) is 4. The zero-order valence-electron chi connectivity index (χ0n) is 13.3. The van der Waals surface area contributed by atoms with Gasteiger partial charge in [-0.3, -0.25) is 9.59 Å². The van der Waals surface area contributed by atoms with E-state index < -0.39 is 11.9 Å². The summed E-state index contributed by atoms with van der Waals surface area (Å²) in [5.41, 5.74) is 1.58. The Bertz CT molecular complexity index is 700. The molecule has 0 unspecified atom stereocenters. The predicted molar refractivity (Wildman–Crippen MR) is 92.3 cm³/mol. The fraction of sp³-hybridized carbons (Fsp3) is 0.222. The molecule has 0 aliphatic carbocycles. The van der Waals surface area contributed by atoms with Crippen LogP contribution in [0.15, 0.2) is 48.5 Å². The van der Waals surface area contributed by atoms with Crippen LogP contribution in [0.1, 0.15) is 12.0 Å². The third kappa shape index (κ3) is 5.93. The molecule has 1 N–H and O–H groups in total. The van der Waals surface area contributed by atoms with Crippen LogP contribution in [0.25, 0.3) is 0 Å². The highest BCUT2D eigenvalue weighted by atomic mass is 35.5. The molecule has 2 aromatic rings. The fourth-order valence-corrected chi connectivity index (χ4v) is 2.04.